The lowest BCUT2D eigenvalue weighted by Crippen LogP contribution is -2.54. The molecule has 0 aromatic carbocycles. The zero-order valence-corrected chi connectivity index (χ0v) is 11.7. The van der Waals surface area contributed by atoms with Gasteiger partial charge in [-0.25, -0.2) is 0 Å². The molecule has 3 N–H and O–H groups in total. The third kappa shape index (κ3) is 4.64. The molecule has 1 saturated heterocycles. The van der Waals surface area contributed by atoms with Crippen LogP contribution in [0.1, 0.15) is 40.5 Å². The summed E-state index contributed by atoms with van der Waals surface area (Å²) in [4.78, 5) is 23.7. The first-order chi connectivity index (χ1) is 8.40. The lowest BCUT2D eigenvalue weighted by molar-refractivity contribution is -0.130. The molecule has 1 heterocycles. The van der Waals surface area contributed by atoms with Crippen molar-refractivity contribution < 1.29 is 9.59 Å². The van der Waals surface area contributed by atoms with Crippen LogP contribution in [0, 0.1) is 5.92 Å². The highest BCUT2D eigenvalue weighted by atomic mass is 16.2. The fourth-order valence-corrected chi connectivity index (χ4v) is 2.10. The van der Waals surface area contributed by atoms with Crippen molar-refractivity contribution in [2.45, 2.75) is 58.7 Å². The second-order valence-corrected chi connectivity index (χ2v) is 5.53. The highest BCUT2D eigenvalue weighted by Gasteiger charge is 2.26. The fourth-order valence-electron chi connectivity index (χ4n) is 2.10. The molecule has 0 bridgehead atoms. The van der Waals surface area contributed by atoms with Gasteiger partial charge in [0.25, 0.3) is 0 Å². The van der Waals surface area contributed by atoms with Gasteiger partial charge < -0.3 is 16.0 Å². The second-order valence-electron chi connectivity index (χ2n) is 5.53. The maximum absolute atomic E-state index is 12.0. The molecule has 1 rings (SSSR count). The highest BCUT2D eigenvalue weighted by molar-refractivity contribution is 5.89. The van der Waals surface area contributed by atoms with E-state index in [0.29, 0.717) is 5.92 Å². The minimum Gasteiger partial charge on any atom is -0.352 e. The molecule has 0 radical (unpaired) electrons. The fraction of sp³-hybridized carbons (Fsp3) is 0.846. The van der Waals surface area contributed by atoms with E-state index in [1.54, 1.807) is 6.92 Å². The standard InChI is InChI=1S/C13H25N3O2/c1-8(2)15-12(17)10(4)16-13(18)11-7-9(3)5-6-14-11/h8-11,14H,5-7H2,1-4H3,(H,15,17)(H,16,18). The van der Waals surface area contributed by atoms with Gasteiger partial charge in [-0.1, -0.05) is 6.92 Å². The molecule has 1 fully saturated rings. The summed E-state index contributed by atoms with van der Waals surface area (Å²) in [7, 11) is 0. The first kappa shape index (κ1) is 15.0. The van der Waals surface area contributed by atoms with Gasteiger partial charge >= 0.3 is 0 Å². The summed E-state index contributed by atoms with van der Waals surface area (Å²) in [6.07, 6.45) is 1.94. The molecule has 3 unspecified atom stereocenters. The summed E-state index contributed by atoms with van der Waals surface area (Å²) in [5, 5.41) is 8.74. The van der Waals surface area contributed by atoms with Crippen LogP contribution in [0.25, 0.3) is 0 Å². The Morgan fingerprint density at radius 2 is 1.89 bits per heavy atom. The van der Waals surface area contributed by atoms with Gasteiger partial charge in [-0.3, -0.25) is 9.59 Å². The van der Waals surface area contributed by atoms with Gasteiger partial charge in [0.2, 0.25) is 11.8 Å². The molecule has 0 aliphatic carbocycles. The average Bonchev–Trinajstić information content (AvgIpc) is 2.27. The second kappa shape index (κ2) is 6.73. The van der Waals surface area contributed by atoms with Crippen molar-refractivity contribution >= 4 is 11.8 Å². The lowest BCUT2D eigenvalue weighted by atomic mass is 9.94. The quantitative estimate of drug-likeness (QED) is 0.681. The number of carbonyl (C=O) groups excluding carboxylic acids is 2. The molecule has 104 valence electrons. The number of hydrogen-bond donors (Lipinski definition) is 3. The van der Waals surface area contributed by atoms with E-state index in [0.717, 1.165) is 19.4 Å². The maximum atomic E-state index is 12.0. The van der Waals surface area contributed by atoms with Crippen LogP contribution in [0.3, 0.4) is 0 Å². The van der Waals surface area contributed by atoms with E-state index >= 15 is 0 Å². The van der Waals surface area contributed by atoms with Gasteiger partial charge in [-0.05, 0) is 46.1 Å². The van der Waals surface area contributed by atoms with Crippen molar-refractivity contribution in [2.75, 3.05) is 6.54 Å². The van der Waals surface area contributed by atoms with Crippen molar-refractivity contribution in [1.29, 1.82) is 0 Å². The van der Waals surface area contributed by atoms with E-state index in [9.17, 15) is 9.59 Å². The Balaban J connectivity index is 2.41. The molecule has 0 spiro atoms. The van der Waals surface area contributed by atoms with Gasteiger partial charge in [0.05, 0.1) is 6.04 Å². The molecule has 3 atom stereocenters. The summed E-state index contributed by atoms with van der Waals surface area (Å²) < 4.78 is 0. The minimum absolute atomic E-state index is 0.0760. The summed E-state index contributed by atoms with van der Waals surface area (Å²) in [6.45, 7) is 8.53. The van der Waals surface area contributed by atoms with Crippen molar-refractivity contribution in [1.82, 2.24) is 16.0 Å². The number of hydrogen-bond acceptors (Lipinski definition) is 3. The first-order valence-corrected chi connectivity index (χ1v) is 6.74. The molecule has 1 aliphatic rings. The predicted molar refractivity (Wildman–Crippen MR) is 71.1 cm³/mol. The number of piperidine rings is 1. The molecule has 18 heavy (non-hydrogen) atoms. The molecule has 5 nitrogen and oxygen atoms in total. The maximum Gasteiger partial charge on any atom is 0.242 e. The Morgan fingerprint density at radius 3 is 2.44 bits per heavy atom. The number of nitrogens with one attached hydrogen (secondary N) is 3. The summed E-state index contributed by atoms with van der Waals surface area (Å²) in [5.41, 5.74) is 0. The molecular formula is C13H25N3O2. The smallest absolute Gasteiger partial charge is 0.242 e. The number of carbonyl (C=O) groups is 2. The lowest BCUT2D eigenvalue weighted by Gasteiger charge is -2.28. The zero-order valence-electron chi connectivity index (χ0n) is 11.7. The van der Waals surface area contributed by atoms with Crippen LogP contribution >= 0.6 is 0 Å². The van der Waals surface area contributed by atoms with E-state index in [-0.39, 0.29) is 23.9 Å². The minimum atomic E-state index is -0.487. The van der Waals surface area contributed by atoms with E-state index in [1.165, 1.54) is 0 Å². The van der Waals surface area contributed by atoms with Gasteiger partial charge in [-0.2, -0.15) is 0 Å². The Morgan fingerprint density at radius 1 is 1.22 bits per heavy atom. The molecule has 2 amide bonds. The van der Waals surface area contributed by atoms with Gasteiger partial charge in [-0.15, -0.1) is 0 Å². The largest absolute Gasteiger partial charge is 0.352 e. The Hall–Kier alpha value is -1.10. The van der Waals surface area contributed by atoms with Crippen LogP contribution in [-0.4, -0.2) is 36.5 Å². The Bertz CT molecular complexity index is 305. The van der Waals surface area contributed by atoms with E-state index in [2.05, 4.69) is 22.9 Å². The summed E-state index contributed by atoms with van der Waals surface area (Å²) in [6, 6.07) is -0.563. The number of amides is 2. The molecule has 1 aliphatic heterocycles. The molecule has 0 saturated carbocycles. The van der Waals surface area contributed by atoms with Crippen LogP contribution in [-0.2, 0) is 9.59 Å². The number of rotatable bonds is 4. The summed E-state index contributed by atoms with van der Waals surface area (Å²) in [5.74, 6) is 0.344. The first-order valence-electron chi connectivity index (χ1n) is 6.74. The van der Waals surface area contributed by atoms with Crippen LogP contribution in [0.15, 0.2) is 0 Å². The van der Waals surface area contributed by atoms with Crippen LogP contribution in [0.5, 0.6) is 0 Å². The third-order valence-corrected chi connectivity index (χ3v) is 3.17. The molecule has 0 aromatic rings. The van der Waals surface area contributed by atoms with E-state index in [1.807, 2.05) is 13.8 Å². The molecule has 5 heteroatoms. The van der Waals surface area contributed by atoms with Crippen molar-refractivity contribution in [3.63, 3.8) is 0 Å². The van der Waals surface area contributed by atoms with Crippen LogP contribution < -0.4 is 16.0 Å². The normalized spacial score (nSPS) is 25.6. The monoisotopic (exact) mass is 255 g/mol. The molecular weight excluding hydrogens is 230 g/mol. The Labute approximate surface area is 109 Å². The van der Waals surface area contributed by atoms with E-state index < -0.39 is 6.04 Å². The van der Waals surface area contributed by atoms with Crippen LogP contribution in [0.2, 0.25) is 0 Å². The van der Waals surface area contributed by atoms with E-state index in [4.69, 9.17) is 0 Å². The SMILES string of the molecule is CC1CCNC(C(=O)NC(C)C(=O)NC(C)C)C1. The van der Waals surface area contributed by atoms with Crippen molar-refractivity contribution in [2.24, 2.45) is 5.92 Å². The highest BCUT2D eigenvalue weighted by Crippen LogP contribution is 2.15. The third-order valence-electron chi connectivity index (χ3n) is 3.17. The van der Waals surface area contributed by atoms with Gasteiger partial charge in [0.15, 0.2) is 0 Å². The Kier molecular flexibility index (Phi) is 5.59. The topological polar surface area (TPSA) is 70.2 Å². The van der Waals surface area contributed by atoms with Crippen LogP contribution in [0.4, 0.5) is 0 Å². The van der Waals surface area contributed by atoms with Crippen molar-refractivity contribution in [3.8, 4) is 0 Å². The summed E-state index contributed by atoms with van der Waals surface area (Å²) >= 11 is 0. The zero-order chi connectivity index (χ0) is 13.7. The average molecular weight is 255 g/mol. The van der Waals surface area contributed by atoms with Crippen molar-refractivity contribution in [3.05, 3.63) is 0 Å². The van der Waals surface area contributed by atoms with Gasteiger partial charge in [0, 0.05) is 6.04 Å². The predicted octanol–water partition coefficient (Wildman–Crippen LogP) is 0.404. The van der Waals surface area contributed by atoms with Gasteiger partial charge in [0.1, 0.15) is 6.04 Å². The molecule has 0 aromatic heterocycles.